The maximum absolute atomic E-state index is 12.7. The highest BCUT2D eigenvalue weighted by molar-refractivity contribution is 5.76. The minimum absolute atomic E-state index is 0.0923. The lowest BCUT2D eigenvalue weighted by atomic mass is 9.74. The van der Waals surface area contributed by atoms with E-state index >= 15 is 0 Å². The monoisotopic (exact) mass is 415 g/mol. The molecule has 0 heterocycles. The second-order valence-electron chi connectivity index (χ2n) is 8.36. The Labute approximate surface area is 186 Å². The Morgan fingerprint density at radius 2 is 1.77 bits per heavy atom. The molecule has 162 valence electrons. The SMILES string of the molecule is CCOC(=O)C(C#N)[C@H](C[C@@H](CCc1ccccc1)c1ccccc1)C1=CCCCC1. The standard InChI is InChI=1S/C28H33NO2/c1-2-31-28(30)27(21-29)26(24-16-10-5-11-17-24)20-25(23-14-8-4-9-15-23)19-18-22-12-6-3-7-13-22/h3-4,6-9,12-16,25-27H,2,5,10-11,17-20H2,1H3/t25-,26-,27?/m1/s1. The molecule has 0 spiro atoms. The molecule has 0 aromatic heterocycles. The van der Waals surface area contributed by atoms with Gasteiger partial charge in [-0.1, -0.05) is 72.3 Å². The zero-order chi connectivity index (χ0) is 21.9. The molecule has 3 nitrogen and oxygen atoms in total. The van der Waals surface area contributed by atoms with E-state index in [9.17, 15) is 10.1 Å². The van der Waals surface area contributed by atoms with E-state index in [0.717, 1.165) is 38.5 Å². The van der Waals surface area contributed by atoms with Crippen LogP contribution in [0, 0.1) is 23.2 Å². The van der Waals surface area contributed by atoms with E-state index in [1.807, 2.05) is 12.1 Å². The summed E-state index contributed by atoms with van der Waals surface area (Å²) in [6.45, 7) is 2.10. The van der Waals surface area contributed by atoms with E-state index in [1.165, 1.54) is 23.1 Å². The third-order valence-electron chi connectivity index (χ3n) is 6.32. The predicted molar refractivity (Wildman–Crippen MR) is 124 cm³/mol. The van der Waals surface area contributed by atoms with Gasteiger partial charge in [-0.15, -0.1) is 0 Å². The van der Waals surface area contributed by atoms with Crippen LogP contribution in [0.25, 0.3) is 0 Å². The Kier molecular flexibility index (Phi) is 8.91. The van der Waals surface area contributed by atoms with E-state index in [4.69, 9.17) is 4.74 Å². The molecule has 0 fully saturated rings. The maximum atomic E-state index is 12.7. The van der Waals surface area contributed by atoms with Crippen LogP contribution >= 0.6 is 0 Å². The third kappa shape index (κ3) is 6.56. The summed E-state index contributed by atoms with van der Waals surface area (Å²) in [5, 5.41) is 9.94. The number of esters is 1. The molecule has 0 radical (unpaired) electrons. The number of carbonyl (C=O) groups is 1. The van der Waals surface area contributed by atoms with Crippen molar-refractivity contribution in [1.29, 1.82) is 5.26 Å². The van der Waals surface area contributed by atoms with Gasteiger partial charge in [-0.2, -0.15) is 5.26 Å². The smallest absolute Gasteiger partial charge is 0.323 e. The van der Waals surface area contributed by atoms with Crippen LogP contribution in [0.4, 0.5) is 0 Å². The summed E-state index contributed by atoms with van der Waals surface area (Å²) in [6.07, 6.45) is 9.35. The van der Waals surface area contributed by atoms with Crippen molar-refractivity contribution < 1.29 is 9.53 Å². The zero-order valence-electron chi connectivity index (χ0n) is 18.5. The number of nitriles is 1. The number of hydrogen-bond donors (Lipinski definition) is 0. The lowest BCUT2D eigenvalue weighted by Crippen LogP contribution is -2.28. The summed E-state index contributed by atoms with van der Waals surface area (Å²) in [4.78, 5) is 12.7. The van der Waals surface area contributed by atoms with Crippen LogP contribution in [0.3, 0.4) is 0 Å². The molecule has 0 bridgehead atoms. The topological polar surface area (TPSA) is 50.1 Å². The van der Waals surface area contributed by atoms with Gasteiger partial charge in [0, 0.05) is 5.92 Å². The van der Waals surface area contributed by atoms with Crippen molar-refractivity contribution in [3.63, 3.8) is 0 Å². The second kappa shape index (κ2) is 12.1. The lowest BCUT2D eigenvalue weighted by molar-refractivity contribution is -0.147. The molecule has 1 aliphatic rings. The molecule has 31 heavy (non-hydrogen) atoms. The minimum atomic E-state index is -0.743. The van der Waals surface area contributed by atoms with Crippen LogP contribution in [0.1, 0.15) is 62.5 Å². The molecule has 2 aromatic carbocycles. The largest absolute Gasteiger partial charge is 0.465 e. The molecule has 2 aromatic rings. The van der Waals surface area contributed by atoms with Crippen LogP contribution in [0.2, 0.25) is 0 Å². The summed E-state index contributed by atoms with van der Waals surface area (Å²) in [6, 6.07) is 23.4. The number of carbonyl (C=O) groups excluding carboxylic acids is 1. The van der Waals surface area contributed by atoms with Gasteiger partial charge in [0.05, 0.1) is 12.7 Å². The fraction of sp³-hybridized carbons (Fsp3) is 0.429. The average molecular weight is 416 g/mol. The first-order chi connectivity index (χ1) is 15.2. The van der Waals surface area contributed by atoms with Gasteiger partial charge in [0.1, 0.15) is 0 Å². The number of nitrogens with zero attached hydrogens (tertiary/aromatic N) is 1. The molecule has 3 heteroatoms. The molecule has 0 N–H and O–H groups in total. The Morgan fingerprint density at radius 3 is 2.39 bits per heavy atom. The van der Waals surface area contributed by atoms with Gasteiger partial charge in [0.15, 0.2) is 5.92 Å². The molecule has 0 amide bonds. The number of allylic oxidation sites excluding steroid dienone is 2. The Hall–Kier alpha value is -2.86. The second-order valence-corrected chi connectivity index (χ2v) is 8.36. The number of rotatable bonds is 10. The molecule has 3 rings (SSSR count). The van der Waals surface area contributed by atoms with Gasteiger partial charge >= 0.3 is 5.97 Å². The van der Waals surface area contributed by atoms with Gasteiger partial charge in [-0.25, -0.2) is 0 Å². The van der Waals surface area contributed by atoms with E-state index in [1.54, 1.807) is 6.92 Å². The van der Waals surface area contributed by atoms with Crippen molar-refractivity contribution in [1.82, 2.24) is 0 Å². The van der Waals surface area contributed by atoms with Gasteiger partial charge in [0.25, 0.3) is 0 Å². The van der Waals surface area contributed by atoms with Crippen LogP contribution in [-0.4, -0.2) is 12.6 Å². The summed E-state index contributed by atoms with van der Waals surface area (Å²) in [5.41, 5.74) is 3.87. The van der Waals surface area contributed by atoms with E-state index in [2.05, 4.69) is 60.7 Å². The maximum Gasteiger partial charge on any atom is 0.323 e. The first-order valence-electron chi connectivity index (χ1n) is 11.6. The predicted octanol–water partition coefficient (Wildman–Crippen LogP) is 6.61. The first-order valence-corrected chi connectivity index (χ1v) is 11.6. The van der Waals surface area contributed by atoms with Crippen molar-refractivity contribution >= 4 is 5.97 Å². The van der Waals surface area contributed by atoms with E-state index in [0.29, 0.717) is 6.61 Å². The van der Waals surface area contributed by atoms with Crippen LogP contribution in [-0.2, 0) is 16.0 Å². The van der Waals surface area contributed by atoms with Crippen LogP contribution in [0.15, 0.2) is 72.3 Å². The Bertz CT molecular complexity index is 882. The summed E-state index contributed by atoms with van der Waals surface area (Å²) >= 11 is 0. The molecule has 0 saturated carbocycles. The number of hydrogen-bond acceptors (Lipinski definition) is 3. The van der Waals surface area contributed by atoms with E-state index < -0.39 is 5.92 Å². The highest BCUT2D eigenvalue weighted by Gasteiger charge is 2.34. The highest BCUT2D eigenvalue weighted by Crippen LogP contribution is 2.39. The molecule has 3 atom stereocenters. The molecule has 0 saturated heterocycles. The fourth-order valence-corrected chi connectivity index (χ4v) is 4.68. The van der Waals surface area contributed by atoms with Crippen molar-refractivity contribution in [2.24, 2.45) is 11.8 Å². The molecular weight excluding hydrogens is 382 g/mol. The van der Waals surface area contributed by atoms with E-state index in [-0.39, 0.29) is 17.8 Å². The van der Waals surface area contributed by atoms with Crippen molar-refractivity contribution in [3.05, 3.63) is 83.4 Å². The number of benzene rings is 2. The Balaban J connectivity index is 1.88. The van der Waals surface area contributed by atoms with Gasteiger partial charge in [-0.05, 0) is 68.9 Å². The van der Waals surface area contributed by atoms with Crippen molar-refractivity contribution in [2.75, 3.05) is 6.61 Å². The quantitative estimate of drug-likeness (QED) is 0.324. The van der Waals surface area contributed by atoms with Crippen LogP contribution < -0.4 is 0 Å². The summed E-state index contributed by atoms with van der Waals surface area (Å²) < 4.78 is 5.29. The summed E-state index contributed by atoms with van der Waals surface area (Å²) in [7, 11) is 0. The van der Waals surface area contributed by atoms with Gasteiger partial charge in [-0.3, -0.25) is 4.79 Å². The fourth-order valence-electron chi connectivity index (χ4n) is 4.68. The first kappa shape index (κ1) is 22.8. The molecule has 1 aliphatic carbocycles. The van der Waals surface area contributed by atoms with Gasteiger partial charge in [0.2, 0.25) is 0 Å². The third-order valence-corrected chi connectivity index (χ3v) is 6.32. The number of ether oxygens (including phenoxy) is 1. The normalized spacial score (nSPS) is 16.5. The van der Waals surface area contributed by atoms with Crippen LogP contribution in [0.5, 0.6) is 0 Å². The zero-order valence-corrected chi connectivity index (χ0v) is 18.5. The van der Waals surface area contributed by atoms with Crippen molar-refractivity contribution in [3.8, 4) is 6.07 Å². The summed E-state index contributed by atoms with van der Waals surface area (Å²) in [5.74, 6) is -0.937. The number of aryl methyl sites for hydroxylation is 1. The van der Waals surface area contributed by atoms with Crippen molar-refractivity contribution in [2.45, 2.75) is 57.8 Å². The minimum Gasteiger partial charge on any atom is -0.465 e. The molecule has 0 aliphatic heterocycles. The molecular formula is C28H33NO2. The van der Waals surface area contributed by atoms with Gasteiger partial charge < -0.3 is 4.74 Å². The highest BCUT2D eigenvalue weighted by atomic mass is 16.5. The average Bonchev–Trinajstić information content (AvgIpc) is 2.83. The lowest BCUT2D eigenvalue weighted by Gasteiger charge is -2.30. The Morgan fingerprint density at radius 1 is 1.06 bits per heavy atom. The molecule has 1 unspecified atom stereocenters.